The highest BCUT2D eigenvalue weighted by atomic mass is 16.6. The second kappa shape index (κ2) is 13.6. The van der Waals surface area contributed by atoms with Gasteiger partial charge in [-0.3, -0.25) is 19.2 Å². The zero-order valence-electron chi connectivity index (χ0n) is 20.2. The third-order valence-electron chi connectivity index (χ3n) is 4.20. The lowest BCUT2D eigenvalue weighted by atomic mass is 10.1. The summed E-state index contributed by atoms with van der Waals surface area (Å²) in [6, 6.07) is 3.66. The van der Waals surface area contributed by atoms with Crippen LogP contribution < -0.4 is 15.2 Å². The lowest BCUT2D eigenvalue weighted by Crippen LogP contribution is -2.37. The summed E-state index contributed by atoms with van der Waals surface area (Å²) in [5.41, 5.74) is 6.56. The smallest absolute Gasteiger partial charge is 0.323 e. The Kier molecular flexibility index (Phi) is 11.6. The number of carbonyl (C=O) groups is 4. The van der Waals surface area contributed by atoms with Crippen molar-refractivity contribution >= 4 is 23.9 Å². The molecule has 9 nitrogen and oxygen atoms in total. The topological polar surface area (TPSA) is 131 Å². The predicted molar refractivity (Wildman–Crippen MR) is 120 cm³/mol. The summed E-state index contributed by atoms with van der Waals surface area (Å²) in [7, 11) is 0. The summed E-state index contributed by atoms with van der Waals surface area (Å²) in [4.78, 5) is 47.5. The van der Waals surface area contributed by atoms with Gasteiger partial charge in [0.1, 0.15) is 18.8 Å². The highest BCUT2D eigenvalue weighted by Crippen LogP contribution is 2.30. The lowest BCUT2D eigenvalue weighted by molar-refractivity contribution is -0.157. The minimum Gasteiger partial charge on any atom is -0.462 e. The van der Waals surface area contributed by atoms with E-state index in [1.807, 2.05) is 27.7 Å². The molecule has 184 valence electrons. The van der Waals surface area contributed by atoms with Crippen molar-refractivity contribution in [3.8, 4) is 11.5 Å². The normalized spacial score (nSPS) is 12.8. The maximum atomic E-state index is 12.3. The Hall–Kier alpha value is -2.94. The van der Waals surface area contributed by atoms with E-state index in [9.17, 15) is 19.2 Å². The van der Waals surface area contributed by atoms with E-state index in [1.54, 1.807) is 13.0 Å². The molecular weight excluding hydrogens is 430 g/mol. The van der Waals surface area contributed by atoms with Crippen molar-refractivity contribution in [3.05, 3.63) is 23.8 Å². The molecule has 1 rings (SSSR count). The number of ether oxygens (including phenoxy) is 4. The molecule has 2 N–H and O–H groups in total. The predicted octanol–water partition coefficient (Wildman–Crippen LogP) is 2.95. The average Bonchev–Trinajstić information content (AvgIpc) is 2.67. The molecular formula is C24H35NO8. The zero-order chi connectivity index (χ0) is 25.1. The van der Waals surface area contributed by atoms with Crippen LogP contribution >= 0.6 is 0 Å². The van der Waals surface area contributed by atoms with Crippen LogP contribution in [0.2, 0.25) is 0 Å². The number of esters is 4. The van der Waals surface area contributed by atoms with Crippen LogP contribution in [0.4, 0.5) is 0 Å². The Morgan fingerprint density at radius 1 is 0.879 bits per heavy atom. The summed E-state index contributed by atoms with van der Waals surface area (Å²) in [6.45, 7) is 10.3. The van der Waals surface area contributed by atoms with Gasteiger partial charge < -0.3 is 24.7 Å². The molecule has 0 saturated heterocycles. The van der Waals surface area contributed by atoms with Gasteiger partial charge in [0.25, 0.3) is 0 Å². The van der Waals surface area contributed by atoms with E-state index in [4.69, 9.17) is 24.7 Å². The number of carbonyl (C=O) groups excluding carboxylic acids is 4. The van der Waals surface area contributed by atoms with Gasteiger partial charge in [-0.2, -0.15) is 0 Å². The molecule has 0 fully saturated rings. The average molecular weight is 466 g/mol. The highest BCUT2D eigenvalue weighted by Gasteiger charge is 2.21. The van der Waals surface area contributed by atoms with Gasteiger partial charge in [-0.1, -0.05) is 33.8 Å². The lowest BCUT2D eigenvalue weighted by Gasteiger charge is -2.17. The SMILES string of the molecule is CC(=O)OC[C@H](C)OC(=O)[C@@H](N)Cc1ccc(OC(=O)CC(C)C)c(OC(=O)CC(C)C)c1. The third kappa shape index (κ3) is 11.5. The van der Waals surface area contributed by atoms with Crippen LogP contribution in [-0.4, -0.2) is 42.6 Å². The van der Waals surface area contributed by atoms with Gasteiger partial charge in [-0.05, 0) is 42.9 Å². The summed E-state index contributed by atoms with van der Waals surface area (Å²) in [5, 5.41) is 0. The fourth-order valence-corrected chi connectivity index (χ4v) is 2.73. The van der Waals surface area contributed by atoms with Gasteiger partial charge in [0.05, 0.1) is 0 Å². The molecule has 0 amide bonds. The number of rotatable bonds is 12. The number of hydrogen-bond donors (Lipinski definition) is 1. The molecule has 0 spiro atoms. The molecule has 9 heteroatoms. The van der Waals surface area contributed by atoms with Crippen molar-refractivity contribution < 1.29 is 38.1 Å². The largest absolute Gasteiger partial charge is 0.462 e. The highest BCUT2D eigenvalue weighted by molar-refractivity contribution is 5.77. The second-order valence-electron chi connectivity index (χ2n) is 8.79. The van der Waals surface area contributed by atoms with Crippen molar-refractivity contribution in [3.63, 3.8) is 0 Å². The first kappa shape index (κ1) is 28.1. The summed E-state index contributed by atoms with van der Waals surface area (Å²) in [6.07, 6.45) is -0.157. The Morgan fingerprint density at radius 2 is 1.42 bits per heavy atom. The molecule has 0 unspecified atom stereocenters. The van der Waals surface area contributed by atoms with E-state index >= 15 is 0 Å². The first-order valence-electron chi connectivity index (χ1n) is 11.0. The molecule has 1 aromatic rings. The molecule has 1 aromatic carbocycles. The van der Waals surface area contributed by atoms with Crippen LogP contribution in [0.25, 0.3) is 0 Å². The fraction of sp³-hybridized carbons (Fsp3) is 0.583. The molecule has 0 saturated carbocycles. The summed E-state index contributed by atoms with van der Waals surface area (Å²) < 4.78 is 20.8. The summed E-state index contributed by atoms with van der Waals surface area (Å²) >= 11 is 0. The van der Waals surface area contributed by atoms with Crippen molar-refractivity contribution in [2.45, 2.75) is 73.0 Å². The number of hydrogen-bond acceptors (Lipinski definition) is 9. The molecule has 0 heterocycles. The number of benzene rings is 1. The Bertz CT molecular complexity index is 834. The van der Waals surface area contributed by atoms with Crippen LogP contribution in [0.15, 0.2) is 18.2 Å². The molecule has 0 aliphatic carbocycles. The first-order chi connectivity index (χ1) is 15.4. The van der Waals surface area contributed by atoms with E-state index in [2.05, 4.69) is 0 Å². The molecule has 0 aliphatic rings. The van der Waals surface area contributed by atoms with E-state index in [0.29, 0.717) is 5.56 Å². The maximum Gasteiger partial charge on any atom is 0.323 e. The molecule has 0 radical (unpaired) electrons. The van der Waals surface area contributed by atoms with Crippen LogP contribution in [0.1, 0.15) is 59.9 Å². The van der Waals surface area contributed by atoms with Crippen LogP contribution in [0.5, 0.6) is 11.5 Å². The van der Waals surface area contributed by atoms with Gasteiger partial charge in [0.15, 0.2) is 11.5 Å². The Balaban J connectivity index is 2.94. The molecule has 33 heavy (non-hydrogen) atoms. The van der Waals surface area contributed by atoms with Gasteiger partial charge in [0, 0.05) is 19.8 Å². The maximum absolute atomic E-state index is 12.3. The summed E-state index contributed by atoms with van der Waals surface area (Å²) in [5.74, 6) is -1.66. The molecule has 0 aromatic heterocycles. The minimum atomic E-state index is -1.00. The Labute approximate surface area is 194 Å². The number of nitrogens with two attached hydrogens (primary N) is 1. The van der Waals surface area contributed by atoms with E-state index in [-0.39, 0.29) is 49.2 Å². The quantitative estimate of drug-likeness (QED) is 0.365. The van der Waals surface area contributed by atoms with Crippen LogP contribution in [0, 0.1) is 11.8 Å². The standard InChI is InChI=1S/C24H35NO8/c1-14(2)9-22(27)32-20-8-7-18(12-21(20)33-23(28)10-15(3)4)11-19(25)24(29)31-16(5)13-30-17(6)26/h7-8,12,14-16,19H,9-11,13,25H2,1-6H3/t16-,19-/m0/s1. The molecule has 0 bridgehead atoms. The van der Waals surface area contributed by atoms with Gasteiger partial charge in [0.2, 0.25) is 0 Å². The van der Waals surface area contributed by atoms with Crippen molar-refractivity contribution in [1.29, 1.82) is 0 Å². The fourth-order valence-electron chi connectivity index (χ4n) is 2.73. The Morgan fingerprint density at radius 3 is 1.94 bits per heavy atom. The van der Waals surface area contributed by atoms with Gasteiger partial charge >= 0.3 is 23.9 Å². The van der Waals surface area contributed by atoms with E-state index in [0.717, 1.165) is 0 Å². The van der Waals surface area contributed by atoms with Gasteiger partial charge in [-0.25, -0.2) is 0 Å². The van der Waals surface area contributed by atoms with Crippen LogP contribution in [0.3, 0.4) is 0 Å². The van der Waals surface area contributed by atoms with E-state index in [1.165, 1.54) is 19.1 Å². The minimum absolute atomic E-state index is 0.0693. The molecule has 2 atom stereocenters. The second-order valence-corrected chi connectivity index (χ2v) is 8.79. The zero-order valence-corrected chi connectivity index (χ0v) is 20.2. The molecule has 0 aliphatic heterocycles. The van der Waals surface area contributed by atoms with Crippen LogP contribution in [-0.2, 0) is 35.1 Å². The first-order valence-corrected chi connectivity index (χ1v) is 11.0. The third-order valence-corrected chi connectivity index (χ3v) is 4.20. The van der Waals surface area contributed by atoms with Crippen molar-refractivity contribution in [2.24, 2.45) is 17.6 Å². The van der Waals surface area contributed by atoms with E-state index < -0.39 is 36.0 Å². The van der Waals surface area contributed by atoms with Crippen molar-refractivity contribution in [2.75, 3.05) is 6.61 Å². The van der Waals surface area contributed by atoms with Crippen molar-refractivity contribution in [1.82, 2.24) is 0 Å². The monoisotopic (exact) mass is 465 g/mol. The van der Waals surface area contributed by atoms with Gasteiger partial charge in [-0.15, -0.1) is 0 Å².